The predicted octanol–water partition coefficient (Wildman–Crippen LogP) is 0.591. The number of aliphatic hydroxyl groups excluding tert-OH is 1. The minimum absolute atomic E-state index is 0.0655. The van der Waals surface area contributed by atoms with Crippen LogP contribution in [0.2, 0.25) is 0 Å². The maximum atomic E-state index is 12.6. The van der Waals surface area contributed by atoms with E-state index in [0.717, 1.165) is 21.7 Å². The number of morpholine rings is 1. The molecule has 1 fully saturated rings. The minimum Gasteiger partial charge on any atom is -0.477 e. The zero-order valence-corrected chi connectivity index (χ0v) is 13.4. The topological polar surface area (TPSA) is 104 Å². The van der Waals surface area contributed by atoms with E-state index in [9.17, 15) is 18.3 Å². The van der Waals surface area contributed by atoms with E-state index < -0.39 is 22.0 Å². The molecule has 0 amide bonds. The summed E-state index contributed by atoms with van der Waals surface area (Å²) in [5.41, 5.74) is 0. The first-order valence-electron chi connectivity index (χ1n) is 5.61. The van der Waals surface area contributed by atoms with Gasteiger partial charge in [0.1, 0.15) is 9.77 Å². The Bertz CT molecular complexity index is 613. The smallest absolute Gasteiger partial charge is 0.345 e. The molecule has 0 saturated carbocycles. The average Bonchev–Trinajstić information content (AvgIpc) is 2.81. The number of carboxylic acid groups (broad SMARTS) is 1. The van der Waals surface area contributed by atoms with Crippen LogP contribution in [0.15, 0.2) is 14.7 Å². The van der Waals surface area contributed by atoms with Gasteiger partial charge in [-0.15, -0.1) is 11.3 Å². The fraction of sp³-hybridized carbons (Fsp3) is 0.500. The lowest BCUT2D eigenvalue weighted by atomic mass is 10.3. The van der Waals surface area contributed by atoms with E-state index in [1.165, 1.54) is 0 Å². The Hall–Kier alpha value is -0.520. The number of hydrogen-bond donors (Lipinski definition) is 2. The molecule has 0 spiro atoms. The minimum atomic E-state index is -3.87. The van der Waals surface area contributed by atoms with Crippen molar-refractivity contribution in [2.24, 2.45) is 0 Å². The van der Waals surface area contributed by atoms with Crippen LogP contribution in [0.3, 0.4) is 0 Å². The van der Waals surface area contributed by atoms with Crippen molar-refractivity contribution in [1.29, 1.82) is 0 Å². The molecule has 1 aliphatic rings. The van der Waals surface area contributed by atoms with Crippen LogP contribution in [-0.4, -0.2) is 61.3 Å². The molecule has 2 heterocycles. The summed E-state index contributed by atoms with van der Waals surface area (Å²) in [7, 11) is -3.87. The number of sulfonamides is 1. The van der Waals surface area contributed by atoms with Gasteiger partial charge in [-0.2, -0.15) is 4.31 Å². The number of carboxylic acids is 1. The Morgan fingerprint density at radius 2 is 2.30 bits per heavy atom. The summed E-state index contributed by atoms with van der Waals surface area (Å²) in [5, 5.41) is 18.2. The first-order valence-corrected chi connectivity index (χ1v) is 8.66. The van der Waals surface area contributed by atoms with Crippen LogP contribution >= 0.6 is 27.3 Å². The SMILES string of the molecule is O=C(O)c1cc(S(=O)(=O)N2CCOCC2CO)c(Br)s1. The van der Waals surface area contributed by atoms with Gasteiger partial charge < -0.3 is 14.9 Å². The summed E-state index contributed by atoms with van der Waals surface area (Å²) in [6, 6.07) is 0.463. The van der Waals surface area contributed by atoms with Crippen LogP contribution in [0.1, 0.15) is 9.67 Å². The van der Waals surface area contributed by atoms with Crippen molar-refractivity contribution in [3.8, 4) is 0 Å². The van der Waals surface area contributed by atoms with Gasteiger partial charge >= 0.3 is 5.97 Å². The van der Waals surface area contributed by atoms with Gasteiger partial charge in [-0.1, -0.05) is 0 Å². The lowest BCUT2D eigenvalue weighted by Crippen LogP contribution is -2.50. The third-order valence-electron chi connectivity index (χ3n) is 2.84. The van der Waals surface area contributed by atoms with Gasteiger partial charge in [0, 0.05) is 6.54 Å². The summed E-state index contributed by atoms with van der Waals surface area (Å²) in [4.78, 5) is 10.7. The Labute approximate surface area is 128 Å². The molecule has 7 nitrogen and oxygen atoms in total. The molecule has 1 aromatic rings. The van der Waals surface area contributed by atoms with Crippen LogP contribution in [0.5, 0.6) is 0 Å². The van der Waals surface area contributed by atoms with Crippen LogP contribution < -0.4 is 0 Å². The summed E-state index contributed by atoms with van der Waals surface area (Å²) in [6.45, 7) is 0.123. The highest BCUT2D eigenvalue weighted by atomic mass is 79.9. The fourth-order valence-corrected chi connectivity index (χ4v) is 5.80. The van der Waals surface area contributed by atoms with Gasteiger partial charge in [-0.05, 0) is 22.0 Å². The summed E-state index contributed by atoms with van der Waals surface area (Å²) in [6.07, 6.45) is 0. The van der Waals surface area contributed by atoms with E-state index in [4.69, 9.17) is 9.84 Å². The number of ether oxygens (including phenoxy) is 1. The zero-order chi connectivity index (χ0) is 14.9. The van der Waals surface area contributed by atoms with Crippen molar-refractivity contribution in [3.05, 3.63) is 14.7 Å². The molecule has 2 rings (SSSR count). The van der Waals surface area contributed by atoms with Crippen molar-refractivity contribution >= 4 is 43.3 Å². The highest BCUT2D eigenvalue weighted by Gasteiger charge is 2.36. The third kappa shape index (κ3) is 2.90. The molecular weight excluding hydrogens is 374 g/mol. The molecule has 2 N–H and O–H groups in total. The number of carbonyl (C=O) groups is 1. The Morgan fingerprint density at radius 1 is 1.60 bits per heavy atom. The molecule has 1 unspecified atom stereocenters. The standard InChI is InChI=1S/C10H12BrNO6S2/c11-9-8(3-7(19-9)10(14)15)20(16,17)12-1-2-18-5-6(12)4-13/h3,6,13H,1-2,4-5H2,(H,14,15). The van der Waals surface area contributed by atoms with Gasteiger partial charge in [0.15, 0.2) is 0 Å². The van der Waals surface area contributed by atoms with Crippen molar-refractivity contribution in [2.75, 3.05) is 26.4 Å². The summed E-state index contributed by atoms with van der Waals surface area (Å²) >= 11 is 3.93. The molecule has 0 aromatic carbocycles. The number of aliphatic hydroxyl groups is 1. The first-order chi connectivity index (χ1) is 9.37. The lowest BCUT2D eigenvalue weighted by molar-refractivity contribution is 0.0109. The third-order valence-corrected chi connectivity index (χ3v) is 7.03. The second-order valence-electron chi connectivity index (χ2n) is 4.08. The Morgan fingerprint density at radius 3 is 2.85 bits per heavy atom. The van der Waals surface area contributed by atoms with Crippen molar-refractivity contribution in [1.82, 2.24) is 4.31 Å². The molecule has 0 bridgehead atoms. The van der Waals surface area contributed by atoms with E-state index in [1.807, 2.05) is 0 Å². The number of halogens is 1. The van der Waals surface area contributed by atoms with E-state index >= 15 is 0 Å². The number of aromatic carboxylic acids is 1. The molecule has 1 aromatic heterocycles. The van der Waals surface area contributed by atoms with Crippen LogP contribution in [0, 0.1) is 0 Å². The van der Waals surface area contributed by atoms with Gasteiger partial charge in [0.25, 0.3) is 0 Å². The molecule has 0 radical (unpaired) electrons. The monoisotopic (exact) mass is 385 g/mol. The first kappa shape index (κ1) is 15.9. The maximum Gasteiger partial charge on any atom is 0.345 e. The number of thiophene rings is 1. The highest BCUT2D eigenvalue weighted by Crippen LogP contribution is 2.34. The van der Waals surface area contributed by atoms with Gasteiger partial charge in [-0.25, -0.2) is 13.2 Å². The van der Waals surface area contributed by atoms with Gasteiger partial charge in [-0.3, -0.25) is 0 Å². The van der Waals surface area contributed by atoms with Crippen molar-refractivity contribution < 1.29 is 28.2 Å². The molecule has 1 atom stereocenters. The van der Waals surface area contributed by atoms with Gasteiger partial charge in [0.05, 0.1) is 29.6 Å². The molecule has 20 heavy (non-hydrogen) atoms. The maximum absolute atomic E-state index is 12.6. The fourth-order valence-electron chi connectivity index (χ4n) is 1.86. The predicted molar refractivity (Wildman–Crippen MR) is 74.6 cm³/mol. The molecule has 0 aliphatic carbocycles. The highest BCUT2D eigenvalue weighted by molar-refractivity contribution is 9.11. The number of rotatable bonds is 4. The van der Waals surface area contributed by atoms with E-state index in [2.05, 4.69) is 15.9 Å². The molecule has 10 heteroatoms. The Balaban J connectivity index is 2.41. The largest absolute Gasteiger partial charge is 0.477 e. The quantitative estimate of drug-likeness (QED) is 0.785. The second kappa shape index (κ2) is 6.08. The normalized spacial score (nSPS) is 21.0. The zero-order valence-electron chi connectivity index (χ0n) is 10.2. The van der Waals surface area contributed by atoms with Crippen LogP contribution in [0.25, 0.3) is 0 Å². The average molecular weight is 386 g/mol. The van der Waals surface area contributed by atoms with E-state index in [-0.39, 0.29) is 39.9 Å². The number of nitrogens with zero attached hydrogens (tertiary/aromatic N) is 1. The molecular formula is C10H12BrNO6S2. The van der Waals surface area contributed by atoms with Crippen molar-refractivity contribution in [3.63, 3.8) is 0 Å². The van der Waals surface area contributed by atoms with E-state index in [0.29, 0.717) is 0 Å². The second-order valence-corrected chi connectivity index (χ2v) is 8.31. The molecule has 1 saturated heterocycles. The van der Waals surface area contributed by atoms with Crippen LogP contribution in [-0.2, 0) is 14.8 Å². The van der Waals surface area contributed by atoms with Gasteiger partial charge in [0.2, 0.25) is 10.0 Å². The van der Waals surface area contributed by atoms with E-state index in [1.54, 1.807) is 0 Å². The summed E-state index contributed by atoms with van der Waals surface area (Å²) < 4.78 is 31.6. The molecule has 112 valence electrons. The number of hydrogen-bond acceptors (Lipinski definition) is 6. The van der Waals surface area contributed by atoms with Crippen LogP contribution in [0.4, 0.5) is 0 Å². The molecule has 1 aliphatic heterocycles. The summed E-state index contributed by atoms with van der Waals surface area (Å²) in [5.74, 6) is -1.18. The lowest BCUT2D eigenvalue weighted by Gasteiger charge is -2.33. The van der Waals surface area contributed by atoms with Crippen molar-refractivity contribution in [2.45, 2.75) is 10.9 Å². The Kier molecular flexibility index (Phi) is 4.82.